The lowest BCUT2D eigenvalue weighted by molar-refractivity contribution is -0.385. The molecule has 8 nitrogen and oxygen atoms in total. The number of para-hydroxylation sites is 1. The van der Waals surface area contributed by atoms with Crippen LogP contribution in [0.4, 0.5) is 11.4 Å². The van der Waals surface area contributed by atoms with E-state index in [2.05, 4.69) is 5.32 Å². The molecule has 2 aromatic rings. The molecule has 9 heteroatoms. The highest BCUT2D eigenvalue weighted by Gasteiger charge is 2.35. The minimum Gasteiger partial charge on any atom is -0.497 e. The van der Waals surface area contributed by atoms with Crippen LogP contribution in [-0.2, 0) is 16.0 Å². The number of carbonyl (C=O) groups excluding carboxylic acids is 2. The maximum atomic E-state index is 12.7. The molecule has 1 N–H and O–H groups in total. The Bertz CT molecular complexity index is 887. The third-order valence-electron chi connectivity index (χ3n) is 4.39. The van der Waals surface area contributed by atoms with Gasteiger partial charge in [-0.25, -0.2) is 0 Å². The number of hydrogen-bond acceptors (Lipinski definition) is 6. The molecule has 1 fully saturated rings. The third kappa shape index (κ3) is 4.42. The van der Waals surface area contributed by atoms with Crippen LogP contribution < -0.4 is 10.1 Å². The highest BCUT2D eigenvalue weighted by Crippen LogP contribution is 2.25. The molecule has 1 unspecified atom stereocenters. The molecule has 0 aliphatic carbocycles. The Balaban J connectivity index is 1.68. The monoisotopic (exact) mass is 401 g/mol. The third-order valence-corrected chi connectivity index (χ3v) is 5.41. The van der Waals surface area contributed by atoms with Crippen molar-refractivity contribution >= 4 is 35.0 Å². The second kappa shape index (κ2) is 8.75. The van der Waals surface area contributed by atoms with E-state index >= 15 is 0 Å². The number of nitro benzene ring substituents is 1. The van der Waals surface area contributed by atoms with Crippen LogP contribution in [0.15, 0.2) is 48.5 Å². The summed E-state index contributed by atoms with van der Waals surface area (Å²) in [6.07, 6.45) is -0.121. The summed E-state index contributed by atoms with van der Waals surface area (Å²) in [4.78, 5) is 37.5. The first-order valence-corrected chi connectivity index (χ1v) is 9.69. The van der Waals surface area contributed by atoms with Crippen LogP contribution >= 0.6 is 11.8 Å². The molecule has 0 bridgehead atoms. The van der Waals surface area contributed by atoms with Gasteiger partial charge >= 0.3 is 0 Å². The Hall–Kier alpha value is -3.07. The van der Waals surface area contributed by atoms with Gasteiger partial charge in [0, 0.05) is 23.1 Å². The number of ether oxygens (including phenoxy) is 1. The van der Waals surface area contributed by atoms with Crippen molar-refractivity contribution in [2.75, 3.05) is 24.1 Å². The van der Waals surface area contributed by atoms with Crippen LogP contribution in [0.25, 0.3) is 0 Å². The average molecular weight is 401 g/mol. The lowest BCUT2D eigenvalue weighted by Gasteiger charge is -2.23. The maximum absolute atomic E-state index is 12.7. The van der Waals surface area contributed by atoms with Gasteiger partial charge in [0.25, 0.3) is 5.69 Å². The number of nitrogens with one attached hydrogen (secondary N) is 1. The molecule has 0 radical (unpaired) electrons. The molecule has 0 saturated carbocycles. The molecule has 1 saturated heterocycles. The van der Waals surface area contributed by atoms with E-state index in [1.165, 1.54) is 22.7 Å². The van der Waals surface area contributed by atoms with Crippen LogP contribution in [0, 0.1) is 10.1 Å². The molecule has 1 heterocycles. The predicted octanol–water partition coefficient (Wildman–Crippen LogP) is 2.69. The fourth-order valence-corrected chi connectivity index (χ4v) is 4.09. The fraction of sp³-hybridized carbons (Fsp3) is 0.263. The molecule has 146 valence electrons. The molecule has 1 atom stereocenters. The Morgan fingerprint density at radius 2 is 1.96 bits per heavy atom. The van der Waals surface area contributed by atoms with Crippen molar-refractivity contribution < 1.29 is 19.2 Å². The van der Waals surface area contributed by atoms with E-state index in [1.54, 1.807) is 49.6 Å². The summed E-state index contributed by atoms with van der Waals surface area (Å²) in [6.45, 7) is 0. The molecule has 2 amide bonds. The predicted molar refractivity (Wildman–Crippen MR) is 106 cm³/mol. The van der Waals surface area contributed by atoms with Crippen LogP contribution in [-0.4, -0.2) is 46.4 Å². The van der Waals surface area contributed by atoms with Gasteiger partial charge in [0.2, 0.25) is 11.8 Å². The van der Waals surface area contributed by atoms with E-state index in [0.29, 0.717) is 28.6 Å². The Labute approximate surface area is 166 Å². The van der Waals surface area contributed by atoms with E-state index in [1.807, 2.05) is 0 Å². The van der Waals surface area contributed by atoms with E-state index in [9.17, 15) is 19.7 Å². The summed E-state index contributed by atoms with van der Waals surface area (Å²) < 4.78 is 5.09. The quantitative estimate of drug-likeness (QED) is 0.590. The second-order valence-electron chi connectivity index (χ2n) is 6.16. The summed E-state index contributed by atoms with van der Waals surface area (Å²) in [5, 5.41) is 14.0. The summed E-state index contributed by atoms with van der Waals surface area (Å²) in [7, 11) is 1.56. The number of thioether (sulfide) groups is 1. The Morgan fingerprint density at radius 3 is 2.64 bits per heavy atom. The maximum Gasteiger partial charge on any atom is 0.273 e. The topological polar surface area (TPSA) is 102 Å². The second-order valence-corrected chi connectivity index (χ2v) is 7.16. The summed E-state index contributed by atoms with van der Waals surface area (Å²) in [5.74, 6) is 0.932. The van der Waals surface area contributed by atoms with E-state index in [0.717, 1.165) is 0 Å². The van der Waals surface area contributed by atoms with Crippen molar-refractivity contribution in [3.05, 3.63) is 64.2 Å². The smallest absolute Gasteiger partial charge is 0.273 e. The lowest BCUT2D eigenvalue weighted by Crippen LogP contribution is -2.45. The minimum absolute atomic E-state index is 0.0954. The van der Waals surface area contributed by atoms with Gasteiger partial charge in [-0.05, 0) is 24.3 Å². The molecule has 0 spiro atoms. The van der Waals surface area contributed by atoms with Gasteiger partial charge in [0.15, 0.2) is 0 Å². The van der Waals surface area contributed by atoms with Gasteiger partial charge in [-0.2, -0.15) is 0 Å². The van der Waals surface area contributed by atoms with Crippen molar-refractivity contribution in [3.63, 3.8) is 0 Å². The van der Waals surface area contributed by atoms with Gasteiger partial charge in [-0.3, -0.25) is 19.7 Å². The van der Waals surface area contributed by atoms with E-state index in [4.69, 9.17) is 4.74 Å². The summed E-state index contributed by atoms with van der Waals surface area (Å²) in [5.41, 5.74) is 0.847. The van der Waals surface area contributed by atoms with Crippen LogP contribution in [0.3, 0.4) is 0 Å². The number of amides is 2. The first kappa shape index (κ1) is 19.7. The first-order chi connectivity index (χ1) is 13.5. The lowest BCUT2D eigenvalue weighted by atomic mass is 10.1. The van der Waals surface area contributed by atoms with Gasteiger partial charge in [-0.15, -0.1) is 11.8 Å². The number of benzene rings is 2. The molecule has 1 aliphatic heterocycles. The molecule has 2 aromatic carbocycles. The van der Waals surface area contributed by atoms with Gasteiger partial charge in [0.05, 0.1) is 24.3 Å². The van der Waals surface area contributed by atoms with Crippen LogP contribution in [0.5, 0.6) is 5.75 Å². The minimum atomic E-state index is -0.623. The summed E-state index contributed by atoms with van der Waals surface area (Å²) in [6, 6.07) is 12.4. The molecule has 28 heavy (non-hydrogen) atoms. The zero-order valence-electron chi connectivity index (χ0n) is 15.2. The van der Waals surface area contributed by atoms with Crippen molar-refractivity contribution in [2.24, 2.45) is 0 Å². The van der Waals surface area contributed by atoms with Crippen molar-refractivity contribution in [2.45, 2.75) is 12.5 Å². The van der Waals surface area contributed by atoms with Crippen molar-refractivity contribution in [1.82, 2.24) is 4.90 Å². The van der Waals surface area contributed by atoms with Crippen molar-refractivity contribution in [3.8, 4) is 5.75 Å². The zero-order chi connectivity index (χ0) is 20.1. The molecule has 3 rings (SSSR count). The fourth-order valence-electron chi connectivity index (χ4n) is 2.91. The van der Waals surface area contributed by atoms with Gasteiger partial charge in [-0.1, -0.05) is 18.2 Å². The average Bonchev–Trinajstić information content (AvgIpc) is 3.19. The number of anilines is 1. The zero-order valence-corrected chi connectivity index (χ0v) is 16.0. The number of carbonyl (C=O) groups is 2. The normalized spacial score (nSPS) is 15.9. The number of nitro groups is 1. The summed E-state index contributed by atoms with van der Waals surface area (Å²) >= 11 is 1.48. The Morgan fingerprint density at radius 1 is 1.25 bits per heavy atom. The first-order valence-electron chi connectivity index (χ1n) is 8.54. The van der Waals surface area contributed by atoms with E-state index < -0.39 is 11.0 Å². The van der Waals surface area contributed by atoms with Gasteiger partial charge in [0.1, 0.15) is 11.8 Å². The number of nitrogens with zero attached hydrogens (tertiary/aromatic N) is 2. The molecule has 1 aliphatic rings. The number of methoxy groups -OCH3 is 1. The molecule has 0 aromatic heterocycles. The molecular weight excluding hydrogens is 382 g/mol. The SMILES string of the molecule is COc1ccc(NC(=O)C2CSCN2C(=O)Cc2ccccc2[N+](=O)[O-])cc1. The number of rotatable bonds is 6. The highest BCUT2D eigenvalue weighted by molar-refractivity contribution is 7.99. The standard InChI is InChI=1S/C19H19N3O5S/c1-27-15-8-6-14(7-9-15)20-19(24)17-11-28-12-21(17)18(23)10-13-4-2-3-5-16(13)22(25)26/h2-9,17H,10-12H2,1H3,(H,20,24). The largest absolute Gasteiger partial charge is 0.497 e. The molecular formula is C19H19N3O5S. The highest BCUT2D eigenvalue weighted by atomic mass is 32.2. The number of hydrogen-bond donors (Lipinski definition) is 1. The van der Waals surface area contributed by atoms with Gasteiger partial charge < -0.3 is 15.0 Å². The van der Waals surface area contributed by atoms with E-state index in [-0.39, 0.29) is 23.9 Å². The van der Waals surface area contributed by atoms with Crippen LogP contribution in [0.1, 0.15) is 5.56 Å². The van der Waals surface area contributed by atoms with Crippen molar-refractivity contribution in [1.29, 1.82) is 0 Å². The van der Waals surface area contributed by atoms with Crippen LogP contribution in [0.2, 0.25) is 0 Å². The Kier molecular flexibility index (Phi) is 6.15.